The zero-order chi connectivity index (χ0) is 21.1. The number of nitrogens with one attached hydrogen (secondary N) is 1. The van der Waals surface area contributed by atoms with Crippen molar-refractivity contribution < 1.29 is 14.3 Å². The minimum atomic E-state index is -0.256. The summed E-state index contributed by atoms with van der Waals surface area (Å²) in [5, 5.41) is 3.49. The van der Waals surface area contributed by atoms with Crippen LogP contribution in [0.25, 0.3) is 0 Å². The number of thioether (sulfide) groups is 1. The molecule has 1 aliphatic heterocycles. The highest BCUT2D eigenvalue weighted by molar-refractivity contribution is 8.00. The van der Waals surface area contributed by atoms with E-state index in [1.807, 2.05) is 0 Å². The van der Waals surface area contributed by atoms with Crippen LogP contribution in [-0.4, -0.2) is 39.7 Å². The van der Waals surface area contributed by atoms with Gasteiger partial charge in [-0.25, -0.2) is 4.79 Å². The van der Waals surface area contributed by atoms with Gasteiger partial charge < -0.3 is 10.1 Å². The lowest BCUT2D eigenvalue weighted by Gasteiger charge is -2.17. The first-order valence-electron chi connectivity index (χ1n) is 10.3. The van der Waals surface area contributed by atoms with Gasteiger partial charge in [0.1, 0.15) is 5.03 Å². The van der Waals surface area contributed by atoms with Gasteiger partial charge in [0.05, 0.1) is 18.4 Å². The molecule has 0 saturated carbocycles. The Bertz CT molecular complexity index is 1010. The molecule has 1 N–H and O–H groups in total. The Morgan fingerprint density at radius 3 is 2.73 bits per heavy atom. The molecule has 2 aliphatic rings. The van der Waals surface area contributed by atoms with E-state index in [1.54, 1.807) is 28.8 Å². The van der Waals surface area contributed by atoms with Crippen molar-refractivity contribution in [3.05, 3.63) is 51.6 Å². The molecule has 1 atom stereocenters. The summed E-state index contributed by atoms with van der Waals surface area (Å²) in [5.41, 5.74) is 3.12. The molecule has 1 saturated heterocycles. The quantitative estimate of drug-likeness (QED) is 0.415. The SMILES string of the molecule is CC(=O)c1ccc(NC(=O)CSc2nc(=O)n(C[C@@H]3CCCO3)c3c2CCC3)cc1. The lowest BCUT2D eigenvalue weighted by molar-refractivity contribution is -0.113. The molecule has 1 aromatic heterocycles. The fourth-order valence-electron chi connectivity index (χ4n) is 4.01. The van der Waals surface area contributed by atoms with Crippen LogP contribution in [-0.2, 0) is 28.9 Å². The molecule has 8 heteroatoms. The number of hydrogen-bond acceptors (Lipinski definition) is 6. The zero-order valence-corrected chi connectivity index (χ0v) is 17.8. The number of Topliss-reactive ketones (excluding diaryl/α,β-unsaturated/α-hetero) is 1. The van der Waals surface area contributed by atoms with E-state index in [1.165, 1.54) is 18.7 Å². The summed E-state index contributed by atoms with van der Waals surface area (Å²) in [5.74, 6) is -0.0199. The van der Waals surface area contributed by atoms with E-state index in [9.17, 15) is 14.4 Å². The van der Waals surface area contributed by atoms with Crippen molar-refractivity contribution in [1.29, 1.82) is 0 Å². The molecule has 1 fully saturated rings. The van der Waals surface area contributed by atoms with E-state index in [0.29, 0.717) is 22.8 Å². The van der Waals surface area contributed by atoms with Crippen molar-refractivity contribution in [3.8, 4) is 0 Å². The van der Waals surface area contributed by atoms with Gasteiger partial charge in [0.2, 0.25) is 5.91 Å². The Labute approximate surface area is 179 Å². The minimum Gasteiger partial charge on any atom is -0.376 e. The molecular formula is C22H25N3O4S. The third kappa shape index (κ3) is 4.65. The predicted molar refractivity (Wildman–Crippen MR) is 115 cm³/mol. The van der Waals surface area contributed by atoms with Crippen LogP contribution in [0.15, 0.2) is 34.1 Å². The molecule has 0 bridgehead atoms. The first-order chi connectivity index (χ1) is 14.5. The molecule has 0 spiro atoms. The van der Waals surface area contributed by atoms with Crippen LogP contribution in [0.2, 0.25) is 0 Å². The summed E-state index contributed by atoms with van der Waals surface area (Å²) in [6.45, 7) is 2.83. The van der Waals surface area contributed by atoms with Gasteiger partial charge in [-0.15, -0.1) is 0 Å². The van der Waals surface area contributed by atoms with Crippen molar-refractivity contribution >= 4 is 29.1 Å². The largest absolute Gasteiger partial charge is 0.376 e. The number of nitrogens with zero attached hydrogens (tertiary/aromatic N) is 2. The second kappa shape index (κ2) is 9.14. The summed E-state index contributed by atoms with van der Waals surface area (Å²) < 4.78 is 7.47. The highest BCUT2D eigenvalue weighted by Gasteiger charge is 2.25. The average molecular weight is 428 g/mol. The fraction of sp³-hybridized carbons (Fsp3) is 0.455. The third-order valence-electron chi connectivity index (χ3n) is 5.53. The number of hydrogen-bond donors (Lipinski definition) is 1. The van der Waals surface area contributed by atoms with E-state index in [2.05, 4.69) is 10.3 Å². The lowest BCUT2D eigenvalue weighted by atomic mass is 10.1. The number of anilines is 1. The average Bonchev–Trinajstić information content (AvgIpc) is 3.41. The molecule has 1 amide bonds. The predicted octanol–water partition coefficient (Wildman–Crippen LogP) is 2.84. The number of amides is 1. The van der Waals surface area contributed by atoms with Crippen molar-refractivity contribution in [2.75, 3.05) is 17.7 Å². The maximum atomic E-state index is 12.7. The first-order valence-corrected chi connectivity index (χ1v) is 11.3. The Morgan fingerprint density at radius 2 is 2.03 bits per heavy atom. The number of carbonyl (C=O) groups is 2. The molecule has 1 aliphatic carbocycles. The van der Waals surface area contributed by atoms with E-state index < -0.39 is 0 Å². The van der Waals surface area contributed by atoms with E-state index >= 15 is 0 Å². The summed E-state index contributed by atoms with van der Waals surface area (Å²) in [6.07, 6.45) is 4.84. The van der Waals surface area contributed by atoms with Crippen molar-refractivity contribution in [1.82, 2.24) is 9.55 Å². The van der Waals surface area contributed by atoms with Crippen LogP contribution < -0.4 is 11.0 Å². The number of aromatic nitrogens is 2. The van der Waals surface area contributed by atoms with E-state index in [4.69, 9.17) is 4.74 Å². The molecule has 1 aromatic carbocycles. The molecule has 4 rings (SSSR count). The van der Waals surface area contributed by atoms with Gasteiger partial charge in [0, 0.05) is 29.1 Å². The molecule has 0 radical (unpaired) electrons. The van der Waals surface area contributed by atoms with Crippen LogP contribution in [0.5, 0.6) is 0 Å². The molecule has 2 heterocycles. The third-order valence-corrected chi connectivity index (χ3v) is 6.54. The summed E-state index contributed by atoms with van der Waals surface area (Å²) in [4.78, 5) is 40.7. The molecular weight excluding hydrogens is 402 g/mol. The monoisotopic (exact) mass is 427 g/mol. The van der Waals surface area contributed by atoms with Crippen LogP contribution in [0.3, 0.4) is 0 Å². The van der Waals surface area contributed by atoms with Gasteiger partial charge in [-0.05, 0) is 63.3 Å². The summed E-state index contributed by atoms with van der Waals surface area (Å²) >= 11 is 1.30. The van der Waals surface area contributed by atoms with Gasteiger partial charge in [0.15, 0.2) is 5.78 Å². The smallest absolute Gasteiger partial charge is 0.348 e. The molecule has 2 aromatic rings. The van der Waals surface area contributed by atoms with Gasteiger partial charge >= 0.3 is 5.69 Å². The van der Waals surface area contributed by atoms with Crippen LogP contribution in [0.4, 0.5) is 5.69 Å². The topological polar surface area (TPSA) is 90.3 Å². The van der Waals surface area contributed by atoms with Crippen LogP contribution >= 0.6 is 11.8 Å². The second-order valence-corrected chi connectivity index (χ2v) is 8.66. The van der Waals surface area contributed by atoms with Crippen molar-refractivity contribution in [2.45, 2.75) is 56.7 Å². The molecule has 0 unspecified atom stereocenters. The van der Waals surface area contributed by atoms with Crippen LogP contribution in [0.1, 0.15) is 47.8 Å². The Hall–Kier alpha value is -2.45. The Morgan fingerprint density at radius 1 is 1.23 bits per heavy atom. The number of ether oxygens (including phenoxy) is 1. The number of fused-ring (bicyclic) bond motifs is 1. The van der Waals surface area contributed by atoms with E-state index in [-0.39, 0.29) is 29.2 Å². The molecule has 158 valence electrons. The van der Waals surface area contributed by atoms with Gasteiger partial charge in [-0.2, -0.15) is 4.98 Å². The normalized spacial score (nSPS) is 17.7. The highest BCUT2D eigenvalue weighted by atomic mass is 32.2. The molecule has 30 heavy (non-hydrogen) atoms. The lowest BCUT2D eigenvalue weighted by Crippen LogP contribution is -2.31. The summed E-state index contributed by atoms with van der Waals surface area (Å²) in [6, 6.07) is 6.80. The maximum Gasteiger partial charge on any atom is 0.348 e. The highest BCUT2D eigenvalue weighted by Crippen LogP contribution is 2.30. The fourth-order valence-corrected chi connectivity index (χ4v) is 4.88. The number of carbonyl (C=O) groups excluding carboxylic acids is 2. The molecule has 7 nitrogen and oxygen atoms in total. The van der Waals surface area contributed by atoms with Crippen molar-refractivity contribution in [3.63, 3.8) is 0 Å². The number of benzene rings is 1. The number of ketones is 1. The zero-order valence-electron chi connectivity index (χ0n) is 17.0. The number of rotatable bonds is 7. The maximum absolute atomic E-state index is 12.7. The Balaban J connectivity index is 1.42. The van der Waals surface area contributed by atoms with Crippen LogP contribution in [0, 0.1) is 0 Å². The standard InChI is InChI=1S/C22H25N3O4S/c1-14(26)15-7-9-16(10-8-15)23-20(27)13-30-21-18-5-2-6-19(18)25(22(28)24-21)12-17-4-3-11-29-17/h7-10,17H,2-6,11-13H2,1H3,(H,23,27)/t17-/m0/s1. The minimum absolute atomic E-state index is 0.0161. The Kier molecular flexibility index (Phi) is 6.34. The first kappa shape index (κ1) is 20.8. The van der Waals surface area contributed by atoms with Crippen molar-refractivity contribution in [2.24, 2.45) is 0 Å². The second-order valence-electron chi connectivity index (χ2n) is 7.69. The van der Waals surface area contributed by atoms with Gasteiger partial charge in [-0.1, -0.05) is 11.8 Å². The van der Waals surface area contributed by atoms with E-state index in [0.717, 1.165) is 50.0 Å². The van der Waals surface area contributed by atoms with Gasteiger partial charge in [-0.3, -0.25) is 14.2 Å². The van der Waals surface area contributed by atoms with Gasteiger partial charge in [0.25, 0.3) is 0 Å². The summed E-state index contributed by atoms with van der Waals surface area (Å²) in [7, 11) is 0.